The largest absolute Gasteiger partial charge is 0.481 e. The summed E-state index contributed by atoms with van der Waals surface area (Å²) >= 11 is 0. The lowest BCUT2D eigenvalue weighted by Crippen LogP contribution is -2.48. The second-order valence-electron chi connectivity index (χ2n) is 6.32. The van der Waals surface area contributed by atoms with Crippen LogP contribution in [0.1, 0.15) is 39.0 Å². The van der Waals surface area contributed by atoms with Crippen LogP contribution in [0.2, 0.25) is 0 Å². The molecule has 6 nitrogen and oxygen atoms in total. The van der Waals surface area contributed by atoms with E-state index in [1.165, 1.54) is 0 Å². The molecule has 1 saturated carbocycles. The second kappa shape index (κ2) is 8.22. The maximum absolute atomic E-state index is 12.2. The summed E-state index contributed by atoms with van der Waals surface area (Å²) in [5.41, 5.74) is -0.218. The van der Waals surface area contributed by atoms with Gasteiger partial charge in [-0.2, -0.15) is 0 Å². The average molecular weight is 299 g/mol. The van der Waals surface area contributed by atoms with Crippen LogP contribution in [-0.2, 0) is 4.79 Å². The molecule has 1 fully saturated rings. The van der Waals surface area contributed by atoms with Crippen molar-refractivity contribution in [3.05, 3.63) is 0 Å². The molecule has 0 radical (unpaired) electrons. The van der Waals surface area contributed by atoms with Crippen molar-refractivity contribution in [1.29, 1.82) is 0 Å². The first-order chi connectivity index (χ1) is 9.88. The van der Waals surface area contributed by atoms with E-state index in [0.717, 1.165) is 38.8 Å². The van der Waals surface area contributed by atoms with Crippen LogP contribution in [0.25, 0.3) is 0 Å². The Bertz CT molecular complexity index is 354. The molecule has 21 heavy (non-hydrogen) atoms. The monoisotopic (exact) mass is 299 g/mol. The molecule has 0 spiro atoms. The number of hydrogen-bond donors (Lipinski definition) is 2. The quantitative estimate of drug-likeness (QED) is 0.678. The maximum atomic E-state index is 12.2. The summed E-state index contributed by atoms with van der Waals surface area (Å²) in [5.74, 6) is -0.776. The number of urea groups is 1. The number of rotatable bonds is 9. The Balaban J connectivity index is 2.37. The molecule has 0 bridgehead atoms. The van der Waals surface area contributed by atoms with Gasteiger partial charge in [0.15, 0.2) is 0 Å². The predicted octanol–water partition coefficient (Wildman–Crippen LogP) is 1.61. The Kier molecular flexibility index (Phi) is 6.95. The van der Waals surface area contributed by atoms with Crippen LogP contribution in [0.3, 0.4) is 0 Å². The van der Waals surface area contributed by atoms with Crippen LogP contribution < -0.4 is 5.32 Å². The van der Waals surface area contributed by atoms with E-state index < -0.39 is 5.97 Å². The van der Waals surface area contributed by atoms with Gasteiger partial charge in [-0.25, -0.2) is 4.79 Å². The zero-order chi connectivity index (χ0) is 15.9. The van der Waals surface area contributed by atoms with Crippen molar-refractivity contribution in [3.63, 3.8) is 0 Å². The van der Waals surface area contributed by atoms with E-state index in [9.17, 15) is 9.59 Å². The molecule has 1 rings (SSSR count). The minimum atomic E-state index is -0.776. The smallest absolute Gasteiger partial charge is 0.317 e. The molecular formula is C15H29N3O3. The van der Waals surface area contributed by atoms with Crippen molar-refractivity contribution in [2.24, 2.45) is 5.41 Å². The first-order valence-corrected chi connectivity index (χ1v) is 7.78. The Hall–Kier alpha value is -1.30. The SMILES string of the molecule is CCN(CCCN(C)C)C(=O)NCC1(CC(=O)O)CCC1. The number of aliphatic carboxylic acids is 1. The van der Waals surface area contributed by atoms with E-state index in [2.05, 4.69) is 10.2 Å². The minimum absolute atomic E-state index is 0.0760. The maximum Gasteiger partial charge on any atom is 0.317 e. The van der Waals surface area contributed by atoms with Crippen molar-refractivity contribution in [3.8, 4) is 0 Å². The fourth-order valence-electron chi connectivity index (χ4n) is 2.77. The van der Waals surface area contributed by atoms with E-state index in [1.54, 1.807) is 4.90 Å². The zero-order valence-corrected chi connectivity index (χ0v) is 13.5. The Morgan fingerprint density at radius 1 is 1.24 bits per heavy atom. The van der Waals surface area contributed by atoms with E-state index in [1.807, 2.05) is 21.0 Å². The first kappa shape index (κ1) is 17.8. The average Bonchev–Trinajstić information content (AvgIpc) is 2.36. The number of nitrogens with one attached hydrogen (secondary N) is 1. The summed E-state index contributed by atoms with van der Waals surface area (Å²) in [6, 6.07) is -0.0760. The highest BCUT2D eigenvalue weighted by molar-refractivity contribution is 5.74. The normalized spacial score (nSPS) is 16.4. The summed E-state index contributed by atoms with van der Waals surface area (Å²) < 4.78 is 0. The molecule has 0 atom stereocenters. The summed E-state index contributed by atoms with van der Waals surface area (Å²) in [6.07, 6.45) is 3.94. The minimum Gasteiger partial charge on any atom is -0.481 e. The third-order valence-electron chi connectivity index (χ3n) is 4.26. The fraction of sp³-hybridized carbons (Fsp3) is 0.867. The molecule has 122 valence electrons. The highest BCUT2D eigenvalue weighted by atomic mass is 16.4. The van der Waals surface area contributed by atoms with Crippen molar-refractivity contribution in [2.75, 3.05) is 40.3 Å². The van der Waals surface area contributed by atoms with Gasteiger partial charge in [0.25, 0.3) is 0 Å². The van der Waals surface area contributed by atoms with Crippen LogP contribution in [0.15, 0.2) is 0 Å². The molecule has 0 unspecified atom stereocenters. The number of nitrogens with zero attached hydrogens (tertiary/aromatic N) is 2. The third-order valence-corrected chi connectivity index (χ3v) is 4.26. The van der Waals surface area contributed by atoms with Crippen molar-refractivity contribution in [1.82, 2.24) is 15.1 Å². The van der Waals surface area contributed by atoms with E-state index in [0.29, 0.717) is 13.1 Å². The van der Waals surface area contributed by atoms with Crippen molar-refractivity contribution in [2.45, 2.75) is 39.0 Å². The molecule has 0 aromatic heterocycles. The molecule has 2 N–H and O–H groups in total. The molecule has 0 aromatic carbocycles. The van der Waals surface area contributed by atoms with Gasteiger partial charge in [-0.05, 0) is 52.2 Å². The van der Waals surface area contributed by atoms with E-state index in [-0.39, 0.29) is 17.9 Å². The van der Waals surface area contributed by atoms with Gasteiger partial charge in [0.2, 0.25) is 0 Å². The second-order valence-corrected chi connectivity index (χ2v) is 6.32. The fourth-order valence-corrected chi connectivity index (χ4v) is 2.77. The number of carbonyl (C=O) groups is 2. The summed E-state index contributed by atoms with van der Waals surface area (Å²) in [4.78, 5) is 27.0. The summed E-state index contributed by atoms with van der Waals surface area (Å²) in [5, 5.41) is 11.9. The number of hydrogen-bond acceptors (Lipinski definition) is 3. The van der Waals surface area contributed by atoms with Gasteiger partial charge >= 0.3 is 12.0 Å². The van der Waals surface area contributed by atoms with Crippen LogP contribution in [0.4, 0.5) is 4.79 Å². The summed E-state index contributed by atoms with van der Waals surface area (Å²) in [7, 11) is 4.03. The van der Waals surface area contributed by atoms with Gasteiger partial charge in [-0.3, -0.25) is 4.79 Å². The van der Waals surface area contributed by atoms with Crippen LogP contribution in [-0.4, -0.2) is 67.2 Å². The Morgan fingerprint density at radius 3 is 2.33 bits per heavy atom. The molecule has 0 aliphatic heterocycles. The van der Waals surface area contributed by atoms with Gasteiger partial charge in [-0.15, -0.1) is 0 Å². The number of carboxylic acids is 1. The number of amides is 2. The van der Waals surface area contributed by atoms with E-state index in [4.69, 9.17) is 5.11 Å². The molecule has 6 heteroatoms. The van der Waals surface area contributed by atoms with Crippen LogP contribution >= 0.6 is 0 Å². The predicted molar refractivity (Wildman–Crippen MR) is 82.4 cm³/mol. The lowest BCUT2D eigenvalue weighted by Gasteiger charge is -2.41. The number of carboxylic acid groups (broad SMARTS) is 1. The van der Waals surface area contributed by atoms with Crippen LogP contribution in [0.5, 0.6) is 0 Å². The van der Waals surface area contributed by atoms with Crippen molar-refractivity contribution >= 4 is 12.0 Å². The van der Waals surface area contributed by atoms with E-state index >= 15 is 0 Å². The van der Waals surface area contributed by atoms with Crippen molar-refractivity contribution < 1.29 is 14.7 Å². The van der Waals surface area contributed by atoms with Gasteiger partial charge in [0.1, 0.15) is 0 Å². The van der Waals surface area contributed by atoms with Crippen LogP contribution in [0, 0.1) is 5.41 Å². The highest BCUT2D eigenvalue weighted by Gasteiger charge is 2.39. The molecule has 1 aliphatic rings. The topological polar surface area (TPSA) is 72.9 Å². The third kappa shape index (κ3) is 5.91. The molecule has 1 aliphatic carbocycles. The van der Waals surface area contributed by atoms with Gasteiger partial charge in [0, 0.05) is 19.6 Å². The molecule has 0 heterocycles. The van der Waals surface area contributed by atoms with Gasteiger partial charge in [-0.1, -0.05) is 6.42 Å². The summed E-state index contributed by atoms with van der Waals surface area (Å²) in [6.45, 7) is 4.79. The Labute approximate surface area is 127 Å². The zero-order valence-electron chi connectivity index (χ0n) is 13.5. The molecule has 0 saturated heterocycles. The molecule has 0 aromatic rings. The first-order valence-electron chi connectivity index (χ1n) is 7.78. The standard InChI is InChI=1S/C15H29N3O3/c1-4-18(10-6-9-17(2)3)14(21)16-12-15(7-5-8-15)11-13(19)20/h4-12H2,1-3H3,(H,16,21)(H,19,20). The molecule has 2 amide bonds. The van der Waals surface area contributed by atoms with Gasteiger partial charge in [0.05, 0.1) is 6.42 Å². The lowest BCUT2D eigenvalue weighted by atomic mass is 9.66. The highest BCUT2D eigenvalue weighted by Crippen LogP contribution is 2.43. The van der Waals surface area contributed by atoms with Gasteiger partial charge < -0.3 is 20.2 Å². The molecular weight excluding hydrogens is 270 g/mol. The Morgan fingerprint density at radius 2 is 1.90 bits per heavy atom. The number of carbonyl (C=O) groups excluding carboxylic acids is 1. The lowest BCUT2D eigenvalue weighted by molar-refractivity contribution is -0.141.